The van der Waals surface area contributed by atoms with Crippen LogP contribution in [-0.4, -0.2) is 23.1 Å². The number of amides is 2. The molecule has 6 heteroatoms. The van der Waals surface area contributed by atoms with Gasteiger partial charge in [0.05, 0.1) is 13.0 Å². The average molecular weight is 242 g/mol. The summed E-state index contributed by atoms with van der Waals surface area (Å²) in [5, 5.41) is 15.6. The van der Waals surface area contributed by atoms with Crippen LogP contribution in [0.1, 0.15) is 18.2 Å². The Balaban J connectivity index is 2.23. The van der Waals surface area contributed by atoms with Crippen molar-refractivity contribution in [1.29, 1.82) is 0 Å². The Kier molecular flexibility index (Phi) is 4.78. The lowest BCUT2D eigenvalue weighted by atomic mass is 10.2. The lowest BCUT2D eigenvalue weighted by molar-refractivity contribution is -0.137. The molecular weight excluding hydrogens is 228 g/mol. The van der Waals surface area contributed by atoms with Gasteiger partial charge in [0.1, 0.15) is 0 Å². The van der Waals surface area contributed by atoms with Crippen LogP contribution >= 0.6 is 11.3 Å². The van der Waals surface area contributed by atoms with Crippen molar-refractivity contribution < 1.29 is 14.7 Å². The summed E-state index contributed by atoms with van der Waals surface area (Å²) in [5.74, 6) is -0.925. The highest BCUT2D eigenvalue weighted by Crippen LogP contribution is 2.07. The van der Waals surface area contributed by atoms with E-state index in [9.17, 15) is 9.59 Å². The molecule has 0 radical (unpaired) electrons. The van der Waals surface area contributed by atoms with E-state index < -0.39 is 5.97 Å². The lowest BCUT2D eigenvalue weighted by Crippen LogP contribution is -2.41. The van der Waals surface area contributed by atoms with Crippen LogP contribution in [0.3, 0.4) is 0 Å². The number of carbonyl (C=O) groups is 2. The van der Waals surface area contributed by atoms with Crippen molar-refractivity contribution in [3.8, 4) is 0 Å². The monoisotopic (exact) mass is 242 g/mol. The number of nitrogens with one attached hydrogen (secondary N) is 2. The van der Waals surface area contributed by atoms with E-state index in [1.54, 1.807) is 18.3 Å². The van der Waals surface area contributed by atoms with Crippen LogP contribution in [0.5, 0.6) is 0 Å². The number of hydrogen-bond donors (Lipinski definition) is 3. The molecule has 88 valence electrons. The third-order valence-corrected chi connectivity index (χ3v) is 2.74. The molecule has 0 bridgehead atoms. The Bertz CT molecular complexity index is 351. The Labute approximate surface area is 97.5 Å². The molecule has 2 amide bonds. The van der Waals surface area contributed by atoms with E-state index >= 15 is 0 Å². The van der Waals surface area contributed by atoms with Gasteiger partial charge in [-0.25, -0.2) is 4.79 Å². The van der Waals surface area contributed by atoms with Crippen molar-refractivity contribution >= 4 is 23.3 Å². The molecule has 3 N–H and O–H groups in total. The van der Waals surface area contributed by atoms with E-state index in [4.69, 9.17) is 5.11 Å². The normalized spacial score (nSPS) is 11.8. The number of thiophene rings is 1. The van der Waals surface area contributed by atoms with Crippen molar-refractivity contribution in [3.05, 3.63) is 22.4 Å². The smallest absolute Gasteiger partial charge is 0.315 e. The highest BCUT2D eigenvalue weighted by molar-refractivity contribution is 7.09. The van der Waals surface area contributed by atoms with Gasteiger partial charge in [0.25, 0.3) is 0 Å². The molecular formula is C10H14N2O3S. The van der Waals surface area contributed by atoms with Crippen molar-refractivity contribution in [2.24, 2.45) is 0 Å². The van der Waals surface area contributed by atoms with E-state index in [1.165, 1.54) is 0 Å². The number of rotatable bonds is 5. The summed E-state index contributed by atoms with van der Waals surface area (Å²) in [5.41, 5.74) is 0. The maximum absolute atomic E-state index is 11.3. The van der Waals surface area contributed by atoms with E-state index in [2.05, 4.69) is 10.6 Å². The van der Waals surface area contributed by atoms with E-state index in [1.807, 2.05) is 17.5 Å². The number of carbonyl (C=O) groups excluding carboxylic acids is 1. The zero-order valence-electron chi connectivity index (χ0n) is 8.90. The highest BCUT2D eigenvalue weighted by Gasteiger charge is 2.10. The summed E-state index contributed by atoms with van der Waals surface area (Å²) in [4.78, 5) is 22.7. The first-order chi connectivity index (χ1) is 7.58. The average Bonchev–Trinajstić information content (AvgIpc) is 2.65. The molecule has 1 aromatic rings. The predicted octanol–water partition coefficient (Wildman–Crippen LogP) is 1.41. The second kappa shape index (κ2) is 6.12. The van der Waals surface area contributed by atoms with Crippen LogP contribution in [0.4, 0.5) is 4.79 Å². The largest absolute Gasteiger partial charge is 0.481 e. The molecule has 0 saturated heterocycles. The van der Waals surface area contributed by atoms with E-state index in [0.29, 0.717) is 6.54 Å². The second-order valence-corrected chi connectivity index (χ2v) is 4.44. The quantitative estimate of drug-likeness (QED) is 0.730. The fourth-order valence-electron chi connectivity index (χ4n) is 1.17. The summed E-state index contributed by atoms with van der Waals surface area (Å²) in [6.45, 7) is 2.11. The van der Waals surface area contributed by atoms with Crippen LogP contribution < -0.4 is 10.6 Å². The molecule has 0 aliphatic heterocycles. The van der Waals surface area contributed by atoms with Gasteiger partial charge in [0.2, 0.25) is 0 Å². The first kappa shape index (κ1) is 12.5. The van der Waals surface area contributed by atoms with Crippen molar-refractivity contribution in [1.82, 2.24) is 10.6 Å². The molecule has 0 saturated carbocycles. The fourth-order valence-corrected chi connectivity index (χ4v) is 1.81. The van der Waals surface area contributed by atoms with Gasteiger partial charge >= 0.3 is 12.0 Å². The molecule has 0 spiro atoms. The minimum atomic E-state index is -0.925. The predicted molar refractivity (Wildman–Crippen MR) is 61.4 cm³/mol. The molecule has 0 aliphatic rings. The topological polar surface area (TPSA) is 78.4 Å². The van der Waals surface area contributed by atoms with Crippen LogP contribution in [0.2, 0.25) is 0 Å². The van der Waals surface area contributed by atoms with Crippen LogP contribution in [0.25, 0.3) is 0 Å². The van der Waals surface area contributed by atoms with Gasteiger partial charge in [0.15, 0.2) is 0 Å². The van der Waals surface area contributed by atoms with E-state index in [-0.39, 0.29) is 18.5 Å². The number of hydrogen-bond acceptors (Lipinski definition) is 3. The second-order valence-electron chi connectivity index (χ2n) is 3.41. The number of carboxylic acid groups (broad SMARTS) is 1. The van der Waals surface area contributed by atoms with Crippen molar-refractivity contribution in [2.75, 3.05) is 0 Å². The SMILES string of the molecule is CC(CC(=O)O)NC(=O)NCc1cccs1. The maximum Gasteiger partial charge on any atom is 0.315 e. The van der Waals surface area contributed by atoms with Crippen LogP contribution in [0.15, 0.2) is 17.5 Å². The lowest BCUT2D eigenvalue weighted by Gasteiger charge is -2.11. The molecule has 16 heavy (non-hydrogen) atoms. The van der Waals surface area contributed by atoms with Gasteiger partial charge in [0, 0.05) is 10.9 Å². The molecule has 0 aliphatic carbocycles. The maximum atomic E-state index is 11.3. The zero-order valence-corrected chi connectivity index (χ0v) is 9.71. The number of aliphatic carboxylic acids is 1. The Morgan fingerprint density at radius 2 is 2.31 bits per heavy atom. The molecule has 5 nitrogen and oxygen atoms in total. The zero-order chi connectivity index (χ0) is 12.0. The van der Waals surface area contributed by atoms with Gasteiger partial charge in [-0.2, -0.15) is 0 Å². The summed E-state index contributed by atoms with van der Waals surface area (Å²) in [6, 6.07) is 3.11. The first-order valence-electron chi connectivity index (χ1n) is 4.86. The standard InChI is InChI=1S/C10H14N2O3S/c1-7(5-9(13)14)12-10(15)11-6-8-3-2-4-16-8/h2-4,7H,5-6H2,1H3,(H,13,14)(H2,11,12,15). The highest BCUT2D eigenvalue weighted by atomic mass is 32.1. The summed E-state index contributed by atoms with van der Waals surface area (Å²) >= 11 is 1.56. The molecule has 1 atom stereocenters. The molecule has 0 fully saturated rings. The number of carboxylic acids is 1. The van der Waals surface area contributed by atoms with Gasteiger partial charge in [-0.05, 0) is 18.4 Å². The third kappa shape index (κ3) is 4.79. The van der Waals surface area contributed by atoms with Gasteiger partial charge in [-0.1, -0.05) is 6.07 Å². The van der Waals surface area contributed by atoms with Crippen LogP contribution in [0, 0.1) is 0 Å². The summed E-state index contributed by atoms with van der Waals surface area (Å²) in [6.07, 6.45) is -0.0770. The van der Waals surface area contributed by atoms with Gasteiger partial charge in [-0.3, -0.25) is 4.79 Å². The molecule has 1 unspecified atom stereocenters. The first-order valence-corrected chi connectivity index (χ1v) is 5.74. The molecule has 1 heterocycles. The van der Waals surface area contributed by atoms with Gasteiger partial charge < -0.3 is 15.7 Å². The fraction of sp³-hybridized carbons (Fsp3) is 0.400. The Morgan fingerprint density at radius 3 is 2.88 bits per heavy atom. The Morgan fingerprint density at radius 1 is 1.56 bits per heavy atom. The Hall–Kier alpha value is -1.56. The third-order valence-electron chi connectivity index (χ3n) is 1.86. The molecule has 0 aromatic carbocycles. The van der Waals surface area contributed by atoms with Crippen molar-refractivity contribution in [3.63, 3.8) is 0 Å². The summed E-state index contributed by atoms with van der Waals surface area (Å²) < 4.78 is 0. The minimum absolute atomic E-state index is 0.0770. The van der Waals surface area contributed by atoms with Crippen LogP contribution in [-0.2, 0) is 11.3 Å². The summed E-state index contributed by atoms with van der Waals surface area (Å²) in [7, 11) is 0. The minimum Gasteiger partial charge on any atom is -0.481 e. The molecule has 1 aromatic heterocycles. The number of urea groups is 1. The molecule has 1 rings (SSSR count). The van der Waals surface area contributed by atoms with Crippen molar-refractivity contribution in [2.45, 2.75) is 25.9 Å². The van der Waals surface area contributed by atoms with Gasteiger partial charge in [-0.15, -0.1) is 11.3 Å². The van der Waals surface area contributed by atoms with E-state index in [0.717, 1.165) is 4.88 Å².